The molecular weight excluding hydrogens is 365 g/mol. The normalized spacial score (nSPS) is 11.2. The number of nitrogens with one attached hydrogen (secondary N) is 1. The highest BCUT2D eigenvalue weighted by Gasteiger charge is 2.04. The number of carbonyl (C=O) groups is 1. The number of benzene rings is 2. The molecule has 3 N–H and O–H groups in total. The SMILES string of the molecule is C/C(=N/NC(=O)c1ccc(N)cc1)c1ccc(I)cc1. The van der Waals surface area contributed by atoms with E-state index in [9.17, 15) is 4.79 Å². The molecular formula is C15H14IN3O. The molecule has 102 valence electrons. The second-order valence-corrected chi connectivity index (χ2v) is 5.51. The molecule has 0 saturated carbocycles. The minimum Gasteiger partial charge on any atom is -0.399 e. The number of hydrogen-bond acceptors (Lipinski definition) is 3. The molecule has 0 spiro atoms. The summed E-state index contributed by atoms with van der Waals surface area (Å²) < 4.78 is 1.16. The van der Waals surface area contributed by atoms with Gasteiger partial charge in [-0.3, -0.25) is 4.79 Å². The maximum atomic E-state index is 11.9. The second-order valence-electron chi connectivity index (χ2n) is 4.27. The molecule has 4 nitrogen and oxygen atoms in total. The molecule has 2 aromatic carbocycles. The summed E-state index contributed by atoms with van der Waals surface area (Å²) in [4.78, 5) is 11.9. The molecule has 0 bridgehead atoms. The van der Waals surface area contributed by atoms with Gasteiger partial charge in [0.2, 0.25) is 0 Å². The Kier molecular flexibility index (Phi) is 4.73. The molecule has 0 aromatic heterocycles. The third-order valence-electron chi connectivity index (χ3n) is 2.76. The Balaban J connectivity index is 2.06. The Morgan fingerprint density at radius 3 is 2.20 bits per heavy atom. The molecule has 0 fully saturated rings. The van der Waals surface area contributed by atoms with Crippen molar-refractivity contribution in [2.75, 3.05) is 5.73 Å². The van der Waals surface area contributed by atoms with Crippen LogP contribution in [0, 0.1) is 3.57 Å². The Bertz CT molecular complexity index is 633. The van der Waals surface area contributed by atoms with Crippen molar-refractivity contribution in [3.8, 4) is 0 Å². The zero-order valence-electron chi connectivity index (χ0n) is 10.9. The first kappa shape index (κ1) is 14.5. The molecule has 0 saturated heterocycles. The molecule has 1 amide bonds. The van der Waals surface area contributed by atoms with Crippen molar-refractivity contribution in [3.05, 3.63) is 63.2 Å². The smallest absolute Gasteiger partial charge is 0.271 e. The maximum absolute atomic E-state index is 11.9. The highest BCUT2D eigenvalue weighted by atomic mass is 127. The first-order valence-corrected chi connectivity index (χ1v) is 7.10. The van der Waals surface area contributed by atoms with Gasteiger partial charge >= 0.3 is 0 Å². The van der Waals surface area contributed by atoms with Crippen LogP contribution < -0.4 is 11.2 Å². The molecule has 2 aromatic rings. The van der Waals surface area contributed by atoms with Crippen LogP contribution in [0.25, 0.3) is 0 Å². The van der Waals surface area contributed by atoms with Gasteiger partial charge in [-0.25, -0.2) is 5.43 Å². The van der Waals surface area contributed by atoms with Crippen LogP contribution >= 0.6 is 22.6 Å². The van der Waals surface area contributed by atoms with Gasteiger partial charge in [-0.05, 0) is 71.5 Å². The van der Waals surface area contributed by atoms with Crippen molar-refractivity contribution in [1.82, 2.24) is 5.43 Å². The fraction of sp³-hybridized carbons (Fsp3) is 0.0667. The third-order valence-corrected chi connectivity index (χ3v) is 3.48. The van der Waals surface area contributed by atoms with Crippen molar-refractivity contribution in [1.29, 1.82) is 0 Å². The number of amides is 1. The standard InChI is InChI=1S/C15H14IN3O/c1-10(11-2-6-13(16)7-3-11)18-19-15(20)12-4-8-14(17)9-5-12/h2-9H,17H2,1H3,(H,19,20)/b18-10-. The molecule has 0 heterocycles. The lowest BCUT2D eigenvalue weighted by Gasteiger charge is -2.03. The fourth-order valence-corrected chi connectivity index (χ4v) is 1.95. The molecule has 0 atom stereocenters. The van der Waals surface area contributed by atoms with Gasteiger partial charge in [0.1, 0.15) is 0 Å². The van der Waals surface area contributed by atoms with Crippen LogP contribution in [0.3, 0.4) is 0 Å². The highest BCUT2D eigenvalue weighted by Crippen LogP contribution is 2.08. The molecule has 5 heteroatoms. The monoisotopic (exact) mass is 379 g/mol. The van der Waals surface area contributed by atoms with E-state index in [4.69, 9.17) is 5.73 Å². The van der Waals surface area contributed by atoms with E-state index < -0.39 is 0 Å². The van der Waals surface area contributed by atoms with E-state index in [0.29, 0.717) is 11.3 Å². The highest BCUT2D eigenvalue weighted by molar-refractivity contribution is 14.1. The van der Waals surface area contributed by atoms with E-state index in [-0.39, 0.29) is 5.91 Å². The summed E-state index contributed by atoms with van der Waals surface area (Å²) in [5, 5.41) is 4.11. The van der Waals surface area contributed by atoms with Gasteiger partial charge in [0, 0.05) is 14.8 Å². The van der Waals surface area contributed by atoms with Crippen LogP contribution in [0.15, 0.2) is 53.6 Å². The second kappa shape index (κ2) is 6.51. The number of rotatable bonds is 3. The van der Waals surface area contributed by atoms with E-state index in [2.05, 4.69) is 33.1 Å². The molecule has 0 aliphatic carbocycles. The van der Waals surface area contributed by atoms with Crippen LogP contribution in [0.1, 0.15) is 22.8 Å². The zero-order valence-corrected chi connectivity index (χ0v) is 13.1. The number of hydrazone groups is 1. The lowest BCUT2D eigenvalue weighted by Crippen LogP contribution is -2.19. The van der Waals surface area contributed by atoms with E-state index in [1.54, 1.807) is 24.3 Å². The predicted octanol–water partition coefficient (Wildman–Crippen LogP) is 3.03. The largest absolute Gasteiger partial charge is 0.399 e. The van der Waals surface area contributed by atoms with Crippen molar-refractivity contribution in [2.45, 2.75) is 6.92 Å². The fourth-order valence-electron chi connectivity index (χ4n) is 1.59. The molecule has 0 aliphatic heterocycles. The number of hydrogen-bond donors (Lipinski definition) is 2. The quantitative estimate of drug-likeness (QED) is 0.373. The number of nitrogens with zero attached hydrogens (tertiary/aromatic N) is 1. The minimum atomic E-state index is -0.255. The average Bonchev–Trinajstić information content (AvgIpc) is 2.46. The van der Waals surface area contributed by atoms with Crippen LogP contribution in [-0.2, 0) is 0 Å². The number of nitrogens with two attached hydrogens (primary N) is 1. The van der Waals surface area contributed by atoms with Crippen molar-refractivity contribution in [3.63, 3.8) is 0 Å². The van der Waals surface area contributed by atoms with Gasteiger partial charge in [0.15, 0.2) is 0 Å². The van der Waals surface area contributed by atoms with Gasteiger partial charge in [-0.2, -0.15) is 5.10 Å². The lowest BCUT2D eigenvalue weighted by molar-refractivity contribution is 0.0955. The first-order valence-electron chi connectivity index (χ1n) is 6.02. The number of anilines is 1. The summed E-state index contributed by atoms with van der Waals surface area (Å²) in [6, 6.07) is 14.6. The summed E-state index contributed by atoms with van der Waals surface area (Å²) in [7, 11) is 0. The third kappa shape index (κ3) is 3.80. The number of halogens is 1. The Labute approximate surface area is 131 Å². The Hall–Kier alpha value is -1.89. The molecule has 0 radical (unpaired) electrons. The van der Waals surface area contributed by atoms with Crippen LogP contribution in [0.4, 0.5) is 5.69 Å². The first-order chi connectivity index (χ1) is 9.56. The summed E-state index contributed by atoms with van der Waals surface area (Å²) in [6.07, 6.45) is 0. The van der Waals surface area contributed by atoms with E-state index in [1.165, 1.54) is 0 Å². The van der Waals surface area contributed by atoms with Gasteiger partial charge < -0.3 is 5.73 Å². The zero-order chi connectivity index (χ0) is 14.5. The minimum absolute atomic E-state index is 0.255. The Morgan fingerprint density at radius 1 is 1.05 bits per heavy atom. The molecule has 0 unspecified atom stereocenters. The molecule has 2 rings (SSSR count). The summed E-state index contributed by atoms with van der Waals surface area (Å²) in [6.45, 7) is 1.85. The predicted molar refractivity (Wildman–Crippen MR) is 89.7 cm³/mol. The van der Waals surface area contributed by atoms with Crippen LogP contribution in [-0.4, -0.2) is 11.6 Å². The molecule has 20 heavy (non-hydrogen) atoms. The van der Waals surface area contributed by atoms with Crippen molar-refractivity contribution >= 4 is 39.9 Å². The topological polar surface area (TPSA) is 67.5 Å². The van der Waals surface area contributed by atoms with E-state index >= 15 is 0 Å². The Morgan fingerprint density at radius 2 is 1.60 bits per heavy atom. The summed E-state index contributed by atoms with van der Waals surface area (Å²) in [5.74, 6) is -0.255. The average molecular weight is 379 g/mol. The van der Waals surface area contributed by atoms with Gasteiger partial charge in [-0.15, -0.1) is 0 Å². The summed E-state index contributed by atoms with van der Waals surface area (Å²) in [5.41, 5.74) is 11.0. The van der Waals surface area contributed by atoms with Crippen molar-refractivity contribution in [2.24, 2.45) is 5.10 Å². The van der Waals surface area contributed by atoms with Gasteiger partial charge in [-0.1, -0.05) is 12.1 Å². The van der Waals surface area contributed by atoms with Gasteiger partial charge in [0.05, 0.1) is 5.71 Å². The lowest BCUT2D eigenvalue weighted by atomic mass is 10.1. The molecule has 0 aliphatic rings. The van der Waals surface area contributed by atoms with Crippen LogP contribution in [0.5, 0.6) is 0 Å². The van der Waals surface area contributed by atoms with Crippen molar-refractivity contribution < 1.29 is 4.79 Å². The number of nitrogen functional groups attached to an aromatic ring is 1. The maximum Gasteiger partial charge on any atom is 0.271 e. The summed E-state index contributed by atoms with van der Waals surface area (Å²) >= 11 is 2.24. The van der Waals surface area contributed by atoms with E-state index in [0.717, 1.165) is 14.8 Å². The number of carbonyl (C=O) groups excluding carboxylic acids is 1. The van der Waals surface area contributed by atoms with E-state index in [1.807, 2.05) is 31.2 Å². The van der Waals surface area contributed by atoms with Crippen LogP contribution in [0.2, 0.25) is 0 Å². The van der Waals surface area contributed by atoms with Gasteiger partial charge in [0.25, 0.3) is 5.91 Å².